The second kappa shape index (κ2) is 7.82. The molecule has 4 rings (SSSR count). The highest BCUT2D eigenvalue weighted by Crippen LogP contribution is 2.44. The minimum Gasteiger partial charge on any atom is -0.491 e. The van der Waals surface area contributed by atoms with Crippen molar-refractivity contribution in [1.29, 1.82) is 0 Å². The van der Waals surface area contributed by atoms with Gasteiger partial charge in [-0.2, -0.15) is 8.78 Å². The van der Waals surface area contributed by atoms with Crippen LogP contribution < -0.4 is 9.47 Å². The molecule has 0 fully saturated rings. The van der Waals surface area contributed by atoms with Crippen molar-refractivity contribution in [2.45, 2.75) is 33.1 Å². The highest BCUT2D eigenvalue weighted by molar-refractivity contribution is 5.69. The van der Waals surface area contributed by atoms with Crippen molar-refractivity contribution in [3.8, 4) is 28.4 Å². The normalized spacial score (nSPS) is 12.2. The van der Waals surface area contributed by atoms with E-state index in [2.05, 4.69) is 6.92 Å². The van der Waals surface area contributed by atoms with Gasteiger partial charge in [-0.05, 0) is 36.6 Å². The van der Waals surface area contributed by atoms with Crippen molar-refractivity contribution in [3.63, 3.8) is 0 Å². The Balaban J connectivity index is 1.75. The third-order valence-electron chi connectivity index (χ3n) is 5.07. The van der Waals surface area contributed by atoms with Gasteiger partial charge in [-0.1, -0.05) is 43.7 Å². The first-order chi connectivity index (χ1) is 14.0. The average molecular weight is 398 g/mol. The van der Waals surface area contributed by atoms with E-state index in [1.807, 2.05) is 12.1 Å². The Labute approximate surface area is 167 Å². The lowest BCUT2D eigenvalue weighted by Gasteiger charge is -2.23. The molecule has 0 spiro atoms. The van der Waals surface area contributed by atoms with Crippen molar-refractivity contribution in [3.05, 3.63) is 76.6 Å². The van der Waals surface area contributed by atoms with Gasteiger partial charge in [0.25, 0.3) is 0 Å². The van der Waals surface area contributed by atoms with Crippen molar-refractivity contribution in [1.82, 2.24) is 0 Å². The summed E-state index contributed by atoms with van der Waals surface area (Å²) in [6, 6.07) is 12.2. The molecule has 3 aromatic carbocycles. The molecule has 5 heteroatoms. The number of halogens is 3. The summed E-state index contributed by atoms with van der Waals surface area (Å²) < 4.78 is 55.0. The smallest absolute Gasteiger partial charge is 0.207 e. The molecule has 2 nitrogen and oxygen atoms in total. The van der Waals surface area contributed by atoms with Gasteiger partial charge in [0.15, 0.2) is 23.1 Å². The van der Waals surface area contributed by atoms with Crippen LogP contribution in [0.25, 0.3) is 11.1 Å². The number of aryl methyl sites for hydroxylation is 1. The first-order valence-electron chi connectivity index (χ1n) is 9.75. The molecule has 0 saturated carbocycles. The molecule has 0 aromatic heterocycles. The molecule has 0 radical (unpaired) electrons. The standard InChI is InChI=1S/C24H21F3O2/c1-3-5-14-6-8-15(9-7-14)18-13-17-12-16-10-11-19(28-4-2)21(26)23(16)29-24(17)22(27)20(18)25/h6-11,13H,3-5,12H2,1-2H3. The van der Waals surface area contributed by atoms with E-state index in [1.165, 1.54) is 6.07 Å². The zero-order chi connectivity index (χ0) is 20.5. The van der Waals surface area contributed by atoms with Gasteiger partial charge in [-0.25, -0.2) is 4.39 Å². The number of ether oxygens (including phenoxy) is 2. The fourth-order valence-electron chi connectivity index (χ4n) is 3.66. The maximum Gasteiger partial charge on any atom is 0.207 e. The van der Waals surface area contributed by atoms with Gasteiger partial charge in [0, 0.05) is 23.1 Å². The summed E-state index contributed by atoms with van der Waals surface area (Å²) in [5.41, 5.74) is 2.95. The van der Waals surface area contributed by atoms with E-state index in [0.717, 1.165) is 18.4 Å². The summed E-state index contributed by atoms with van der Waals surface area (Å²) in [5.74, 6) is -3.17. The van der Waals surface area contributed by atoms with E-state index < -0.39 is 17.5 Å². The topological polar surface area (TPSA) is 18.5 Å². The van der Waals surface area contributed by atoms with Crippen LogP contribution >= 0.6 is 0 Å². The van der Waals surface area contributed by atoms with Crippen LogP contribution in [0.4, 0.5) is 13.2 Å². The van der Waals surface area contributed by atoms with E-state index in [1.54, 1.807) is 31.2 Å². The molecule has 0 saturated heterocycles. The predicted octanol–water partition coefficient (Wildman–Crippen LogP) is 6.82. The molecule has 0 amide bonds. The average Bonchev–Trinajstić information content (AvgIpc) is 2.73. The molecule has 3 aromatic rings. The summed E-state index contributed by atoms with van der Waals surface area (Å²) in [7, 11) is 0. The molecular weight excluding hydrogens is 377 g/mol. The summed E-state index contributed by atoms with van der Waals surface area (Å²) >= 11 is 0. The monoisotopic (exact) mass is 398 g/mol. The Bertz CT molecular complexity index is 1060. The molecule has 0 bridgehead atoms. The minimum absolute atomic E-state index is 0.0272. The Hall–Kier alpha value is -2.95. The van der Waals surface area contributed by atoms with Crippen LogP contribution in [0.1, 0.15) is 37.0 Å². The van der Waals surface area contributed by atoms with Crippen LogP contribution in [0, 0.1) is 17.5 Å². The Kier molecular flexibility index (Phi) is 5.22. The lowest BCUT2D eigenvalue weighted by Crippen LogP contribution is -2.10. The Morgan fingerprint density at radius 2 is 1.59 bits per heavy atom. The summed E-state index contributed by atoms with van der Waals surface area (Å²) in [4.78, 5) is 0. The van der Waals surface area contributed by atoms with Crippen molar-refractivity contribution in [2.24, 2.45) is 0 Å². The lowest BCUT2D eigenvalue weighted by atomic mass is 9.94. The van der Waals surface area contributed by atoms with Gasteiger partial charge in [0.2, 0.25) is 11.6 Å². The van der Waals surface area contributed by atoms with E-state index in [4.69, 9.17) is 9.47 Å². The summed E-state index contributed by atoms with van der Waals surface area (Å²) in [6.07, 6.45) is 2.19. The molecule has 0 N–H and O–H groups in total. The first kappa shape index (κ1) is 19.4. The van der Waals surface area contributed by atoms with Crippen LogP contribution in [-0.2, 0) is 12.8 Å². The maximum absolute atomic E-state index is 14.9. The van der Waals surface area contributed by atoms with Crippen LogP contribution in [-0.4, -0.2) is 6.61 Å². The maximum atomic E-state index is 14.9. The molecule has 1 aliphatic heterocycles. The van der Waals surface area contributed by atoms with E-state index in [0.29, 0.717) is 16.7 Å². The Morgan fingerprint density at radius 1 is 0.862 bits per heavy atom. The zero-order valence-electron chi connectivity index (χ0n) is 16.3. The van der Waals surface area contributed by atoms with E-state index in [-0.39, 0.29) is 35.8 Å². The number of fused-ring (bicyclic) bond motifs is 2. The Morgan fingerprint density at radius 3 is 2.28 bits per heavy atom. The van der Waals surface area contributed by atoms with Gasteiger partial charge in [-0.3, -0.25) is 0 Å². The third kappa shape index (κ3) is 3.46. The van der Waals surface area contributed by atoms with Crippen LogP contribution in [0.15, 0.2) is 42.5 Å². The zero-order valence-corrected chi connectivity index (χ0v) is 16.3. The third-order valence-corrected chi connectivity index (χ3v) is 5.07. The second-order valence-electron chi connectivity index (χ2n) is 7.07. The fourth-order valence-corrected chi connectivity index (χ4v) is 3.66. The van der Waals surface area contributed by atoms with Gasteiger partial charge in [0.1, 0.15) is 0 Å². The minimum atomic E-state index is -1.11. The first-order valence-corrected chi connectivity index (χ1v) is 9.75. The van der Waals surface area contributed by atoms with Crippen LogP contribution in [0.5, 0.6) is 17.2 Å². The molecule has 29 heavy (non-hydrogen) atoms. The molecular formula is C24H21F3O2. The number of hydrogen-bond acceptors (Lipinski definition) is 2. The van der Waals surface area contributed by atoms with E-state index >= 15 is 0 Å². The number of rotatable bonds is 5. The predicted molar refractivity (Wildman–Crippen MR) is 106 cm³/mol. The van der Waals surface area contributed by atoms with Crippen molar-refractivity contribution < 1.29 is 22.6 Å². The number of hydrogen-bond donors (Lipinski definition) is 0. The molecule has 1 heterocycles. The van der Waals surface area contributed by atoms with Gasteiger partial charge in [0.05, 0.1) is 6.61 Å². The van der Waals surface area contributed by atoms with Crippen molar-refractivity contribution >= 4 is 0 Å². The molecule has 0 unspecified atom stereocenters. The van der Waals surface area contributed by atoms with Crippen LogP contribution in [0.3, 0.4) is 0 Å². The van der Waals surface area contributed by atoms with Gasteiger partial charge < -0.3 is 9.47 Å². The van der Waals surface area contributed by atoms with Gasteiger partial charge >= 0.3 is 0 Å². The molecule has 150 valence electrons. The second-order valence-corrected chi connectivity index (χ2v) is 7.07. The highest BCUT2D eigenvalue weighted by atomic mass is 19.2. The SMILES string of the molecule is CCCc1ccc(-c2cc3c(c(F)c2F)Oc2c(ccc(OCC)c2F)C3)cc1. The lowest BCUT2D eigenvalue weighted by molar-refractivity contribution is 0.310. The molecule has 0 aliphatic carbocycles. The largest absolute Gasteiger partial charge is 0.491 e. The van der Waals surface area contributed by atoms with Gasteiger partial charge in [-0.15, -0.1) is 0 Å². The summed E-state index contributed by atoms with van der Waals surface area (Å²) in [5, 5.41) is 0. The van der Waals surface area contributed by atoms with Crippen LogP contribution in [0.2, 0.25) is 0 Å². The quantitative estimate of drug-likeness (QED) is 0.367. The molecule has 0 atom stereocenters. The molecule has 1 aliphatic rings. The van der Waals surface area contributed by atoms with E-state index in [9.17, 15) is 13.2 Å². The summed E-state index contributed by atoms with van der Waals surface area (Å²) in [6.45, 7) is 4.11. The fraction of sp³-hybridized carbons (Fsp3) is 0.250. The highest BCUT2D eigenvalue weighted by Gasteiger charge is 2.29. The number of benzene rings is 3. The van der Waals surface area contributed by atoms with Crippen molar-refractivity contribution in [2.75, 3.05) is 6.61 Å².